The van der Waals surface area contributed by atoms with Gasteiger partial charge in [-0.05, 0) is 55.5 Å². The third kappa shape index (κ3) is 2.25. The van der Waals surface area contributed by atoms with E-state index in [1.807, 2.05) is 30.5 Å². The average molecular weight is 296 g/mol. The van der Waals surface area contributed by atoms with Crippen LogP contribution < -0.4 is 5.32 Å². The molecule has 1 amide bonds. The van der Waals surface area contributed by atoms with Gasteiger partial charge in [-0.3, -0.25) is 4.79 Å². The molecule has 4 heteroatoms. The van der Waals surface area contributed by atoms with Crippen molar-refractivity contribution in [1.82, 2.24) is 4.98 Å². The van der Waals surface area contributed by atoms with Crippen LogP contribution in [0.25, 0.3) is 10.9 Å². The summed E-state index contributed by atoms with van der Waals surface area (Å²) in [6.07, 6.45) is 6.63. The summed E-state index contributed by atoms with van der Waals surface area (Å²) in [5.74, 6) is 0.00287. The quantitative estimate of drug-likeness (QED) is 0.725. The predicted molar refractivity (Wildman–Crippen MR) is 87.2 cm³/mol. The third-order valence-corrected chi connectivity index (χ3v) is 5.30. The molecule has 0 saturated carbocycles. The van der Waals surface area contributed by atoms with Crippen LogP contribution in [0, 0.1) is 0 Å². The van der Waals surface area contributed by atoms with Crippen molar-refractivity contribution in [1.29, 1.82) is 0 Å². The zero-order valence-electron chi connectivity index (χ0n) is 11.6. The van der Waals surface area contributed by atoms with Gasteiger partial charge in [0.05, 0.1) is 10.6 Å². The van der Waals surface area contributed by atoms with E-state index in [1.54, 1.807) is 11.3 Å². The summed E-state index contributed by atoms with van der Waals surface area (Å²) in [7, 11) is 0. The van der Waals surface area contributed by atoms with Crippen molar-refractivity contribution in [3.8, 4) is 0 Å². The number of aromatic nitrogens is 1. The number of nitrogens with one attached hydrogen (secondary N) is 2. The van der Waals surface area contributed by atoms with Crippen molar-refractivity contribution in [3.05, 3.63) is 51.8 Å². The monoisotopic (exact) mass is 296 g/mol. The number of fused-ring (bicyclic) bond motifs is 2. The summed E-state index contributed by atoms with van der Waals surface area (Å²) in [5, 5.41) is 4.10. The van der Waals surface area contributed by atoms with Gasteiger partial charge in [0.15, 0.2) is 0 Å². The van der Waals surface area contributed by atoms with Crippen LogP contribution in [0.4, 0.5) is 5.69 Å². The molecule has 1 aliphatic rings. The number of carbonyl (C=O) groups excluding carboxylic acids is 1. The Morgan fingerprint density at radius 3 is 3.00 bits per heavy atom. The Morgan fingerprint density at radius 2 is 2.10 bits per heavy atom. The van der Waals surface area contributed by atoms with Crippen LogP contribution >= 0.6 is 11.3 Å². The summed E-state index contributed by atoms with van der Waals surface area (Å²) in [6.45, 7) is 0. The van der Waals surface area contributed by atoms with Gasteiger partial charge in [-0.1, -0.05) is 6.07 Å². The van der Waals surface area contributed by atoms with E-state index in [-0.39, 0.29) is 5.91 Å². The SMILES string of the molecule is O=C(Nc1cccc2[nH]ccc12)c1cc2c(s1)CCCC2. The van der Waals surface area contributed by atoms with Gasteiger partial charge < -0.3 is 10.3 Å². The fourth-order valence-electron chi connectivity index (χ4n) is 2.98. The highest BCUT2D eigenvalue weighted by atomic mass is 32.1. The van der Waals surface area contributed by atoms with Crippen molar-refractivity contribution in [3.63, 3.8) is 0 Å². The van der Waals surface area contributed by atoms with Crippen molar-refractivity contribution in [2.24, 2.45) is 0 Å². The largest absolute Gasteiger partial charge is 0.361 e. The lowest BCUT2D eigenvalue weighted by molar-refractivity contribution is 0.103. The van der Waals surface area contributed by atoms with E-state index in [0.717, 1.165) is 34.3 Å². The van der Waals surface area contributed by atoms with Crippen molar-refractivity contribution in [2.75, 3.05) is 5.32 Å². The number of aromatic amines is 1. The molecule has 0 radical (unpaired) electrons. The molecule has 3 nitrogen and oxygen atoms in total. The smallest absolute Gasteiger partial charge is 0.265 e. The first-order chi connectivity index (χ1) is 10.3. The van der Waals surface area contributed by atoms with E-state index in [9.17, 15) is 4.79 Å². The Bertz CT molecular complexity index is 792. The zero-order valence-corrected chi connectivity index (χ0v) is 12.4. The second-order valence-electron chi connectivity index (χ2n) is 5.46. The molecule has 21 heavy (non-hydrogen) atoms. The molecule has 0 fully saturated rings. The van der Waals surface area contributed by atoms with Crippen LogP contribution in [0.2, 0.25) is 0 Å². The molecule has 0 saturated heterocycles. The predicted octanol–water partition coefficient (Wildman–Crippen LogP) is 4.36. The Hall–Kier alpha value is -2.07. The molecule has 2 N–H and O–H groups in total. The lowest BCUT2D eigenvalue weighted by Gasteiger charge is -2.08. The van der Waals surface area contributed by atoms with Gasteiger partial charge in [-0.2, -0.15) is 0 Å². The molecule has 106 valence electrons. The number of hydrogen-bond donors (Lipinski definition) is 2. The van der Waals surface area contributed by atoms with Crippen LogP contribution in [0.1, 0.15) is 33.0 Å². The van der Waals surface area contributed by atoms with E-state index in [0.29, 0.717) is 0 Å². The minimum atomic E-state index is 0.00287. The van der Waals surface area contributed by atoms with Crippen LogP contribution in [-0.2, 0) is 12.8 Å². The molecule has 1 aromatic carbocycles. The van der Waals surface area contributed by atoms with E-state index in [2.05, 4.69) is 16.4 Å². The second-order valence-corrected chi connectivity index (χ2v) is 6.60. The molecular weight excluding hydrogens is 280 g/mol. The van der Waals surface area contributed by atoms with Gasteiger partial charge in [0.1, 0.15) is 0 Å². The molecule has 3 aromatic rings. The van der Waals surface area contributed by atoms with E-state index in [1.165, 1.54) is 23.3 Å². The molecule has 2 heterocycles. The molecular formula is C17H16N2OS. The number of hydrogen-bond acceptors (Lipinski definition) is 2. The number of carbonyl (C=O) groups is 1. The van der Waals surface area contributed by atoms with E-state index in [4.69, 9.17) is 0 Å². The Kier molecular flexibility index (Phi) is 3.04. The number of H-pyrrole nitrogens is 1. The average Bonchev–Trinajstić information content (AvgIpc) is 3.14. The number of benzene rings is 1. The van der Waals surface area contributed by atoms with Crippen LogP contribution in [0.15, 0.2) is 36.5 Å². The van der Waals surface area contributed by atoms with Crippen molar-refractivity contribution >= 4 is 33.8 Å². The topological polar surface area (TPSA) is 44.9 Å². The highest BCUT2D eigenvalue weighted by Crippen LogP contribution is 2.30. The van der Waals surface area contributed by atoms with Gasteiger partial charge in [0.25, 0.3) is 5.91 Å². The van der Waals surface area contributed by atoms with Crippen molar-refractivity contribution in [2.45, 2.75) is 25.7 Å². The normalized spacial score (nSPS) is 14.1. The Labute approximate surface area is 127 Å². The van der Waals surface area contributed by atoms with E-state index >= 15 is 0 Å². The fourth-order valence-corrected chi connectivity index (χ4v) is 4.13. The molecule has 0 spiro atoms. The minimum absolute atomic E-state index is 0.00287. The van der Waals surface area contributed by atoms with Gasteiger partial charge in [0, 0.05) is 22.0 Å². The molecule has 1 aliphatic carbocycles. The highest BCUT2D eigenvalue weighted by Gasteiger charge is 2.17. The molecule has 2 aromatic heterocycles. The molecule has 0 unspecified atom stereocenters. The summed E-state index contributed by atoms with van der Waals surface area (Å²) in [5.41, 5.74) is 3.28. The Morgan fingerprint density at radius 1 is 1.19 bits per heavy atom. The summed E-state index contributed by atoms with van der Waals surface area (Å²) < 4.78 is 0. The van der Waals surface area contributed by atoms with E-state index < -0.39 is 0 Å². The third-order valence-electron chi connectivity index (χ3n) is 4.06. The summed E-state index contributed by atoms with van der Waals surface area (Å²) in [6, 6.07) is 9.97. The van der Waals surface area contributed by atoms with Gasteiger partial charge in [0.2, 0.25) is 0 Å². The van der Waals surface area contributed by atoms with Gasteiger partial charge in [-0.15, -0.1) is 11.3 Å². The molecule has 4 rings (SSSR count). The zero-order chi connectivity index (χ0) is 14.2. The first-order valence-corrected chi connectivity index (χ1v) is 8.12. The molecule has 0 bridgehead atoms. The maximum absolute atomic E-state index is 12.5. The van der Waals surface area contributed by atoms with Crippen LogP contribution in [-0.4, -0.2) is 10.9 Å². The Balaban J connectivity index is 1.63. The van der Waals surface area contributed by atoms with Gasteiger partial charge in [-0.25, -0.2) is 0 Å². The van der Waals surface area contributed by atoms with Crippen LogP contribution in [0.3, 0.4) is 0 Å². The second kappa shape index (κ2) is 5.04. The number of anilines is 1. The number of thiophene rings is 1. The first kappa shape index (κ1) is 12.7. The lowest BCUT2D eigenvalue weighted by atomic mass is 9.99. The maximum Gasteiger partial charge on any atom is 0.265 e. The lowest BCUT2D eigenvalue weighted by Crippen LogP contribution is -2.10. The fraction of sp³-hybridized carbons (Fsp3) is 0.235. The number of rotatable bonds is 2. The molecule has 0 atom stereocenters. The van der Waals surface area contributed by atoms with Crippen molar-refractivity contribution < 1.29 is 4.79 Å². The van der Waals surface area contributed by atoms with Crippen LogP contribution in [0.5, 0.6) is 0 Å². The summed E-state index contributed by atoms with van der Waals surface area (Å²) in [4.78, 5) is 17.9. The first-order valence-electron chi connectivity index (χ1n) is 7.30. The molecule has 0 aliphatic heterocycles. The maximum atomic E-state index is 12.5. The number of aryl methyl sites for hydroxylation is 2. The minimum Gasteiger partial charge on any atom is -0.361 e. The standard InChI is InChI=1S/C17H16N2OS/c20-17(16-10-11-4-1-2-7-15(11)21-16)19-14-6-3-5-13-12(14)8-9-18-13/h3,5-6,8-10,18H,1-2,4,7H2,(H,19,20). The summed E-state index contributed by atoms with van der Waals surface area (Å²) >= 11 is 1.65. The highest BCUT2D eigenvalue weighted by molar-refractivity contribution is 7.14. The van der Waals surface area contributed by atoms with Gasteiger partial charge >= 0.3 is 0 Å². The number of amides is 1.